The molecule has 0 unspecified atom stereocenters. The SMILES string of the molecule is CC(C)(C)CC(=O)Nc1ccc(F)c(Cl)c1. The van der Waals surface area contributed by atoms with Gasteiger partial charge in [0.05, 0.1) is 5.02 Å². The van der Waals surface area contributed by atoms with Crippen molar-refractivity contribution in [2.24, 2.45) is 5.41 Å². The Balaban J connectivity index is 2.67. The summed E-state index contributed by atoms with van der Waals surface area (Å²) in [5.41, 5.74) is 0.439. The first-order valence-corrected chi connectivity index (χ1v) is 5.41. The number of hydrogen-bond acceptors (Lipinski definition) is 1. The molecule has 0 spiro atoms. The van der Waals surface area contributed by atoms with Crippen LogP contribution < -0.4 is 5.32 Å². The van der Waals surface area contributed by atoms with Crippen molar-refractivity contribution in [3.63, 3.8) is 0 Å². The summed E-state index contributed by atoms with van der Waals surface area (Å²) in [5.74, 6) is -0.592. The summed E-state index contributed by atoms with van der Waals surface area (Å²) >= 11 is 5.60. The zero-order valence-electron chi connectivity index (χ0n) is 9.60. The third-order valence-corrected chi connectivity index (χ3v) is 2.18. The molecule has 88 valence electrons. The number of benzene rings is 1. The Morgan fingerprint density at radius 2 is 2.06 bits per heavy atom. The average Bonchev–Trinajstić information content (AvgIpc) is 2.08. The predicted molar refractivity (Wildman–Crippen MR) is 64.1 cm³/mol. The fourth-order valence-corrected chi connectivity index (χ4v) is 1.44. The standard InChI is InChI=1S/C12H15ClFNO/c1-12(2,3)7-11(16)15-8-4-5-10(14)9(13)6-8/h4-6H,7H2,1-3H3,(H,15,16). The lowest BCUT2D eigenvalue weighted by Crippen LogP contribution is -2.19. The molecule has 0 heterocycles. The Labute approximate surface area is 99.8 Å². The van der Waals surface area contributed by atoms with Gasteiger partial charge in [-0.3, -0.25) is 4.79 Å². The van der Waals surface area contributed by atoms with Crippen LogP contribution in [0.3, 0.4) is 0 Å². The van der Waals surface area contributed by atoms with E-state index < -0.39 is 5.82 Å². The van der Waals surface area contributed by atoms with Gasteiger partial charge >= 0.3 is 0 Å². The number of carbonyl (C=O) groups excluding carboxylic acids is 1. The van der Waals surface area contributed by atoms with Crippen LogP contribution in [0.25, 0.3) is 0 Å². The molecule has 0 saturated heterocycles. The summed E-state index contributed by atoms with van der Waals surface area (Å²) in [6, 6.07) is 4.12. The van der Waals surface area contributed by atoms with Gasteiger partial charge in [0.15, 0.2) is 0 Å². The molecule has 0 aliphatic heterocycles. The molecule has 1 aromatic rings. The van der Waals surface area contributed by atoms with Crippen LogP contribution in [0.4, 0.5) is 10.1 Å². The Kier molecular flexibility index (Phi) is 3.92. The van der Waals surface area contributed by atoms with E-state index in [1.54, 1.807) is 0 Å². The molecule has 0 aromatic heterocycles. The van der Waals surface area contributed by atoms with Crippen LogP contribution in [-0.2, 0) is 4.79 Å². The zero-order chi connectivity index (χ0) is 12.3. The minimum Gasteiger partial charge on any atom is -0.326 e. The summed E-state index contributed by atoms with van der Waals surface area (Å²) < 4.78 is 12.9. The van der Waals surface area contributed by atoms with Crippen molar-refractivity contribution in [1.82, 2.24) is 0 Å². The van der Waals surface area contributed by atoms with Crippen LogP contribution in [0.15, 0.2) is 18.2 Å². The van der Waals surface area contributed by atoms with Crippen molar-refractivity contribution in [2.75, 3.05) is 5.32 Å². The lowest BCUT2D eigenvalue weighted by atomic mass is 9.92. The molecule has 1 aromatic carbocycles. The molecule has 0 aliphatic carbocycles. The lowest BCUT2D eigenvalue weighted by Gasteiger charge is -2.17. The first-order chi connectivity index (χ1) is 7.28. The molecule has 16 heavy (non-hydrogen) atoms. The predicted octanol–water partition coefficient (Wildman–Crippen LogP) is 3.85. The van der Waals surface area contributed by atoms with E-state index >= 15 is 0 Å². The van der Waals surface area contributed by atoms with Crippen molar-refractivity contribution in [3.05, 3.63) is 29.0 Å². The second kappa shape index (κ2) is 4.83. The van der Waals surface area contributed by atoms with Crippen LogP contribution in [0.5, 0.6) is 0 Å². The Hall–Kier alpha value is -1.09. The van der Waals surface area contributed by atoms with Crippen molar-refractivity contribution in [1.29, 1.82) is 0 Å². The van der Waals surface area contributed by atoms with Crippen LogP contribution in [0.2, 0.25) is 5.02 Å². The number of halogens is 2. The zero-order valence-corrected chi connectivity index (χ0v) is 10.4. The number of amides is 1. The second-order valence-corrected chi connectivity index (χ2v) is 5.32. The fourth-order valence-electron chi connectivity index (χ4n) is 1.26. The minimum absolute atomic E-state index is 0.00792. The highest BCUT2D eigenvalue weighted by Gasteiger charge is 2.16. The van der Waals surface area contributed by atoms with Gasteiger partial charge in [-0.25, -0.2) is 4.39 Å². The van der Waals surface area contributed by atoms with E-state index in [-0.39, 0.29) is 16.3 Å². The van der Waals surface area contributed by atoms with Crippen molar-refractivity contribution >= 4 is 23.2 Å². The maximum atomic E-state index is 12.9. The van der Waals surface area contributed by atoms with E-state index in [1.807, 2.05) is 20.8 Å². The molecule has 0 fully saturated rings. The number of hydrogen-bond donors (Lipinski definition) is 1. The molecular formula is C12H15ClFNO. The number of nitrogens with one attached hydrogen (secondary N) is 1. The highest BCUT2D eigenvalue weighted by atomic mass is 35.5. The molecule has 0 aliphatic rings. The van der Waals surface area contributed by atoms with Crippen LogP contribution >= 0.6 is 11.6 Å². The monoisotopic (exact) mass is 243 g/mol. The third kappa shape index (κ3) is 4.19. The van der Waals surface area contributed by atoms with Crippen molar-refractivity contribution in [2.45, 2.75) is 27.2 Å². The molecule has 1 rings (SSSR count). The maximum absolute atomic E-state index is 12.9. The number of rotatable bonds is 2. The molecule has 0 atom stereocenters. The van der Waals surface area contributed by atoms with E-state index in [9.17, 15) is 9.18 Å². The summed E-state index contributed by atoms with van der Waals surface area (Å²) in [5, 5.41) is 2.68. The molecule has 1 amide bonds. The highest BCUT2D eigenvalue weighted by Crippen LogP contribution is 2.22. The molecule has 0 bridgehead atoms. The summed E-state index contributed by atoms with van der Waals surface area (Å²) in [6.45, 7) is 5.93. The molecule has 4 heteroatoms. The molecule has 1 N–H and O–H groups in total. The Bertz CT molecular complexity index is 398. The van der Waals surface area contributed by atoms with Gasteiger partial charge in [0.2, 0.25) is 5.91 Å². The van der Waals surface area contributed by atoms with E-state index in [2.05, 4.69) is 5.32 Å². The quantitative estimate of drug-likeness (QED) is 0.840. The van der Waals surface area contributed by atoms with E-state index in [1.165, 1.54) is 18.2 Å². The fraction of sp³-hybridized carbons (Fsp3) is 0.417. The average molecular weight is 244 g/mol. The van der Waals surface area contributed by atoms with Gasteiger partial charge in [0.1, 0.15) is 5.82 Å². The van der Waals surface area contributed by atoms with Crippen LogP contribution in [0, 0.1) is 11.2 Å². The van der Waals surface area contributed by atoms with E-state index in [0.29, 0.717) is 12.1 Å². The maximum Gasteiger partial charge on any atom is 0.224 e. The Morgan fingerprint density at radius 3 is 2.56 bits per heavy atom. The third-order valence-electron chi connectivity index (χ3n) is 1.89. The Morgan fingerprint density at radius 1 is 1.44 bits per heavy atom. The number of carbonyl (C=O) groups is 1. The molecule has 2 nitrogen and oxygen atoms in total. The van der Waals surface area contributed by atoms with Gasteiger partial charge in [0, 0.05) is 12.1 Å². The van der Waals surface area contributed by atoms with Crippen LogP contribution in [-0.4, -0.2) is 5.91 Å². The number of anilines is 1. The molecule has 0 radical (unpaired) electrons. The lowest BCUT2D eigenvalue weighted by molar-refractivity contribution is -0.117. The topological polar surface area (TPSA) is 29.1 Å². The van der Waals surface area contributed by atoms with E-state index in [0.717, 1.165) is 0 Å². The minimum atomic E-state index is -0.490. The molecular weight excluding hydrogens is 229 g/mol. The van der Waals surface area contributed by atoms with Crippen LogP contribution in [0.1, 0.15) is 27.2 Å². The molecule has 0 saturated carbocycles. The van der Waals surface area contributed by atoms with Gasteiger partial charge in [-0.15, -0.1) is 0 Å². The van der Waals surface area contributed by atoms with Gasteiger partial charge in [0.25, 0.3) is 0 Å². The van der Waals surface area contributed by atoms with Gasteiger partial charge < -0.3 is 5.32 Å². The largest absolute Gasteiger partial charge is 0.326 e. The van der Waals surface area contributed by atoms with Crippen molar-refractivity contribution in [3.8, 4) is 0 Å². The summed E-state index contributed by atoms with van der Waals surface area (Å²) in [6.07, 6.45) is 0.405. The first kappa shape index (κ1) is 13.0. The summed E-state index contributed by atoms with van der Waals surface area (Å²) in [7, 11) is 0. The van der Waals surface area contributed by atoms with Gasteiger partial charge in [-0.05, 0) is 23.6 Å². The van der Waals surface area contributed by atoms with Gasteiger partial charge in [-0.1, -0.05) is 32.4 Å². The normalized spacial score (nSPS) is 11.3. The summed E-state index contributed by atoms with van der Waals surface area (Å²) in [4.78, 5) is 11.6. The smallest absolute Gasteiger partial charge is 0.224 e. The van der Waals surface area contributed by atoms with E-state index in [4.69, 9.17) is 11.6 Å². The second-order valence-electron chi connectivity index (χ2n) is 4.91. The first-order valence-electron chi connectivity index (χ1n) is 5.03. The van der Waals surface area contributed by atoms with Crippen molar-refractivity contribution < 1.29 is 9.18 Å². The highest BCUT2D eigenvalue weighted by molar-refractivity contribution is 6.31. The van der Waals surface area contributed by atoms with Gasteiger partial charge in [-0.2, -0.15) is 0 Å².